The average molecular weight is 370 g/mol. The third-order valence-electron chi connectivity index (χ3n) is 4.19. The lowest BCUT2D eigenvalue weighted by molar-refractivity contribution is -0.906. The van der Waals surface area contributed by atoms with Gasteiger partial charge in [0.05, 0.1) is 19.6 Å². The van der Waals surface area contributed by atoms with E-state index in [1.54, 1.807) is 4.90 Å². The van der Waals surface area contributed by atoms with Crippen molar-refractivity contribution in [2.24, 2.45) is 5.92 Å². The Bertz CT molecular complexity index is 456. The number of carbonyl (C=O) groups excluding carboxylic acids is 1. The molecule has 0 atom stereocenters. The molecule has 0 spiro atoms. The van der Waals surface area contributed by atoms with Gasteiger partial charge in [0.2, 0.25) is 0 Å². The molecule has 1 aromatic carbocycles. The van der Waals surface area contributed by atoms with Crippen molar-refractivity contribution in [3.8, 4) is 5.75 Å². The zero-order valence-electron chi connectivity index (χ0n) is 13.2. The first-order valence-corrected chi connectivity index (χ1v) is 8.91. The van der Waals surface area contributed by atoms with Crippen LogP contribution in [-0.4, -0.2) is 38.7 Å². The maximum Gasteiger partial charge on any atom is 0.257 e. The summed E-state index contributed by atoms with van der Waals surface area (Å²) in [4.78, 5) is 13.4. The van der Waals surface area contributed by atoms with Crippen molar-refractivity contribution in [3.05, 3.63) is 28.7 Å². The number of likely N-dealkylation sites (tertiary alicyclic amines) is 1. The Morgan fingerprint density at radius 1 is 1.32 bits per heavy atom. The first-order chi connectivity index (χ1) is 10.6. The van der Waals surface area contributed by atoms with E-state index in [9.17, 15) is 4.79 Å². The Kier molecular flexibility index (Phi) is 7.19. The van der Waals surface area contributed by atoms with Crippen LogP contribution in [0.25, 0.3) is 0 Å². The molecule has 1 saturated heterocycles. The predicted octanol–water partition coefficient (Wildman–Crippen LogP) is 1.65. The van der Waals surface area contributed by atoms with E-state index >= 15 is 0 Å². The molecule has 0 radical (unpaired) electrons. The van der Waals surface area contributed by atoms with Gasteiger partial charge in [-0.1, -0.05) is 22.9 Å². The van der Waals surface area contributed by atoms with E-state index in [1.165, 1.54) is 25.9 Å². The van der Waals surface area contributed by atoms with Crippen LogP contribution in [0.4, 0.5) is 0 Å². The molecule has 0 saturated carbocycles. The van der Waals surface area contributed by atoms with E-state index in [0.29, 0.717) is 5.75 Å². The highest BCUT2D eigenvalue weighted by molar-refractivity contribution is 9.10. The molecule has 1 fully saturated rings. The summed E-state index contributed by atoms with van der Waals surface area (Å²) >= 11 is 3.37. The summed E-state index contributed by atoms with van der Waals surface area (Å²) in [6, 6.07) is 7.49. The number of quaternary nitrogens is 1. The molecule has 0 aromatic heterocycles. The molecule has 5 heteroatoms. The van der Waals surface area contributed by atoms with Gasteiger partial charge in [-0.25, -0.2) is 0 Å². The highest BCUT2D eigenvalue weighted by Crippen LogP contribution is 2.15. The van der Waals surface area contributed by atoms with Crippen LogP contribution in [0.1, 0.15) is 26.2 Å². The minimum Gasteiger partial charge on any atom is -0.484 e. The fourth-order valence-corrected chi connectivity index (χ4v) is 2.98. The van der Waals surface area contributed by atoms with Crippen LogP contribution in [-0.2, 0) is 4.79 Å². The number of hydrogen-bond donors (Lipinski definition) is 2. The van der Waals surface area contributed by atoms with Crippen LogP contribution in [0.15, 0.2) is 28.7 Å². The van der Waals surface area contributed by atoms with Crippen LogP contribution in [0.3, 0.4) is 0 Å². The highest BCUT2D eigenvalue weighted by Gasteiger charge is 2.18. The van der Waals surface area contributed by atoms with Crippen molar-refractivity contribution >= 4 is 21.8 Å². The predicted molar refractivity (Wildman–Crippen MR) is 91.2 cm³/mol. The molecule has 2 N–H and O–H groups in total. The van der Waals surface area contributed by atoms with Gasteiger partial charge >= 0.3 is 0 Å². The fraction of sp³-hybridized carbons (Fsp3) is 0.588. The minimum atomic E-state index is -0.0508. The van der Waals surface area contributed by atoms with Crippen molar-refractivity contribution in [2.75, 3.05) is 32.8 Å². The lowest BCUT2D eigenvalue weighted by Gasteiger charge is -2.27. The molecule has 1 aliphatic heterocycles. The molecule has 1 amide bonds. The Morgan fingerprint density at radius 2 is 2.00 bits per heavy atom. The number of carbonyl (C=O) groups is 1. The molecular formula is C17H26BrN2O2+. The topological polar surface area (TPSA) is 42.8 Å². The van der Waals surface area contributed by atoms with Gasteiger partial charge in [-0.3, -0.25) is 4.79 Å². The van der Waals surface area contributed by atoms with Crippen LogP contribution < -0.4 is 15.0 Å². The molecule has 2 rings (SSSR count). The number of piperidine rings is 1. The lowest BCUT2D eigenvalue weighted by Crippen LogP contribution is -3.13. The van der Waals surface area contributed by atoms with Gasteiger partial charge in [0.25, 0.3) is 5.91 Å². The summed E-state index contributed by atoms with van der Waals surface area (Å²) in [6.45, 7) is 6.86. The Labute approximate surface area is 141 Å². The van der Waals surface area contributed by atoms with Crippen molar-refractivity contribution in [3.63, 3.8) is 0 Å². The van der Waals surface area contributed by atoms with Crippen molar-refractivity contribution in [2.45, 2.75) is 26.2 Å². The first-order valence-electron chi connectivity index (χ1n) is 8.12. The minimum absolute atomic E-state index is 0.0508. The Balaban J connectivity index is 1.53. The zero-order valence-corrected chi connectivity index (χ0v) is 14.8. The Hall–Kier alpha value is -1.07. The molecule has 122 valence electrons. The maximum atomic E-state index is 11.7. The van der Waals surface area contributed by atoms with E-state index in [4.69, 9.17) is 4.74 Å². The number of rotatable bonds is 7. The van der Waals surface area contributed by atoms with Gasteiger partial charge in [0, 0.05) is 17.4 Å². The smallest absolute Gasteiger partial charge is 0.257 e. The van der Waals surface area contributed by atoms with Gasteiger partial charge in [-0.2, -0.15) is 0 Å². The SMILES string of the molecule is CC1CC[NH+](CCCNC(=O)COc2ccc(Br)cc2)CC1. The zero-order chi connectivity index (χ0) is 15.8. The number of hydrogen-bond acceptors (Lipinski definition) is 2. The van der Waals surface area contributed by atoms with Gasteiger partial charge in [-0.15, -0.1) is 0 Å². The van der Waals surface area contributed by atoms with Gasteiger partial charge < -0.3 is 15.0 Å². The van der Waals surface area contributed by atoms with Crippen LogP contribution >= 0.6 is 15.9 Å². The number of ether oxygens (including phenoxy) is 1. The molecule has 0 aliphatic carbocycles. The van der Waals surface area contributed by atoms with E-state index < -0.39 is 0 Å². The second-order valence-corrected chi connectivity index (χ2v) is 7.04. The summed E-state index contributed by atoms with van der Waals surface area (Å²) in [7, 11) is 0. The second kappa shape index (κ2) is 9.16. The highest BCUT2D eigenvalue weighted by atomic mass is 79.9. The van der Waals surface area contributed by atoms with E-state index in [1.807, 2.05) is 24.3 Å². The number of amides is 1. The van der Waals surface area contributed by atoms with E-state index in [2.05, 4.69) is 28.2 Å². The summed E-state index contributed by atoms with van der Waals surface area (Å²) in [5, 5.41) is 2.93. The van der Waals surface area contributed by atoms with Gasteiger partial charge in [-0.05, 0) is 43.0 Å². The monoisotopic (exact) mass is 369 g/mol. The normalized spacial score (nSPS) is 21.4. The van der Waals surface area contributed by atoms with E-state index in [0.717, 1.165) is 29.9 Å². The third-order valence-corrected chi connectivity index (χ3v) is 4.72. The molecule has 1 aliphatic rings. The molecular weight excluding hydrogens is 344 g/mol. The number of nitrogens with one attached hydrogen (secondary N) is 2. The maximum absolute atomic E-state index is 11.7. The van der Waals surface area contributed by atoms with Crippen LogP contribution in [0.5, 0.6) is 5.75 Å². The lowest BCUT2D eigenvalue weighted by atomic mass is 9.99. The summed E-state index contributed by atoms with van der Waals surface area (Å²) in [5.41, 5.74) is 0. The average Bonchev–Trinajstić information content (AvgIpc) is 2.53. The summed E-state index contributed by atoms with van der Waals surface area (Å²) in [6.07, 6.45) is 3.71. The molecule has 1 heterocycles. The van der Waals surface area contributed by atoms with Crippen LogP contribution in [0, 0.1) is 5.92 Å². The van der Waals surface area contributed by atoms with Crippen LogP contribution in [0.2, 0.25) is 0 Å². The Morgan fingerprint density at radius 3 is 2.68 bits per heavy atom. The molecule has 0 unspecified atom stereocenters. The summed E-state index contributed by atoms with van der Waals surface area (Å²) in [5.74, 6) is 1.55. The fourth-order valence-electron chi connectivity index (χ4n) is 2.72. The molecule has 22 heavy (non-hydrogen) atoms. The standard InChI is InChI=1S/C17H25BrN2O2/c1-14-7-11-20(12-8-14)10-2-9-19-17(21)13-22-16-5-3-15(18)4-6-16/h3-6,14H,2,7-13H2,1H3,(H,19,21)/p+1. The molecule has 4 nitrogen and oxygen atoms in total. The largest absolute Gasteiger partial charge is 0.484 e. The number of benzene rings is 1. The third kappa shape index (κ3) is 6.36. The summed E-state index contributed by atoms with van der Waals surface area (Å²) < 4.78 is 6.44. The quantitative estimate of drug-likeness (QED) is 0.717. The number of halogens is 1. The van der Waals surface area contributed by atoms with Crippen molar-refractivity contribution in [1.29, 1.82) is 0 Å². The molecule has 0 bridgehead atoms. The molecule has 1 aromatic rings. The van der Waals surface area contributed by atoms with Crippen molar-refractivity contribution < 1.29 is 14.4 Å². The van der Waals surface area contributed by atoms with Gasteiger partial charge in [0.1, 0.15) is 5.75 Å². The first kappa shape index (κ1) is 17.3. The van der Waals surface area contributed by atoms with Gasteiger partial charge in [0.15, 0.2) is 6.61 Å². The van der Waals surface area contributed by atoms with E-state index in [-0.39, 0.29) is 12.5 Å². The van der Waals surface area contributed by atoms with Crippen molar-refractivity contribution in [1.82, 2.24) is 5.32 Å². The second-order valence-electron chi connectivity index (χ2n) is 6.13.